The number of sulfonamides is 1. The van der Waals surface area contributed by atoms with E-state index < -0.39 is 27.4 Å². The fraction of sp³-hybridized carbons (Fsp3) is 0.174. The fourth-order valence-corrected chi connectivity index (χ4v) is 4.71. The topological polar surface area (TPSA) is 119 Å². The van der Waals surface area contributed by atoms with E-state index in [2.05, 4.69) is 5.32 Å². The first-order valence-electron chi connectivity index (χ1n) is 10.2. The number of nitrogens with zero attached hydrogens (tertiary/aromatic N) is 2. The van der Waals surface area contributed by atoms with Crippen molar-refractivity contribution < 1.29 is 22.9 Å². The SMILES string of the molecule is CCOc1ccccc1N(CC(=O)Nc1cc([N+](=O)[O-])ccc1C)S(=O)(=O)c1ccc(Cl)cc1. The Morgan fingerprint density at radius 2 is 1.79 bits per heavy atom. The second kappa shape index (κ2) is 10.5. The lowest BCUT2D eigenvalue weighted by atomic mass is 10.2. The summed E-state index contributed by atoms with van der Waals surface area (Å²) in [5.74, 6) is -0.408. The van der Waals surface area contributed by atoms with Crippen LogP contribution in [0.1, 0.15) is 12.5 Å². The van der Waals surface area contributed by atoms with Crippen molar-refractivity contribution in [2.75, 3.05) is 22.8 Å². The van der Waals surface area contributed by atoms with Crippen molar-refractivity contribution >= 4 is 44.6 Å². The van der Waals surface area contributed by atoms with Crippen LogP contribution in [0.4, 0.5) is 17.1 Å². The van der Waals surface area contributed by atoms with Crippen molar-refractivity contribution in [3.8, 4) is 5.75 Å². The number of hydrogen-bond donors (Lipinski definition) is 1. The highest BCUT2D eigenvalue weighted by Gasteiger charge is 2.29. The number of para-hydroxylation sites is 2. The summed E-state index contributed by atoms with van der Waals surface area (Å²) < 4.78 is 33.6. The van der Waals surface area contributed by atoms with Crippen molar-refractivity contribution in [1.82, 2.24) is 0 Å². The predicted molar refractivity (Wildman–Crippen MR) is 130 cm³/mol. The molecule has 0 unspecified atom stereocenters. The molecule has 0 aliphatic carbocycles. The molecule has 1 N–H and O–H groups in total. The molecule has 3 rings (SSSR count). The zero-order valence-corrected chi connectivity index (χ0v) is 20.0. The Kier molecular flexibility index (Phi) is 7.75. The van der Waals surface area contributed by atoms with Crippen molar-refractivity contribution in [2.45, 2.75) is 18.7 Å². The third-order valence-electron chi connectivity index (χ3n) is 4.83. The van der Waals surface area contributed by atoms with E-state index >= 15 is 0 Å². The molecule has 0 fully saturated rings. The number of benzene rings is 3. The minimum atomic E-state index is -4.21. The number of carbonyl (C=O) groups excluding carboxylic acids is 1. The molecule has 0 aromatic heterocycles. The van der Waals surface area contributed by atoms with Gasteiger partial charge in [0.05, 0.1) is 27.8 Å². The van der Waals surface area contributed by atoms with Crippen LogP contribution in [0.3, 0.4) is 0 Å². The minimum absolute atomic E-state index is 0.0671. The van der Waals surface area contributed by atoms with Gasteiger partial charge in [-0.1, -0.05) is 29.8 Å². The summed E-state index contributed by atoms with van der Waals surface area (Å²) in [6, 6.07) is 16.1. The first kappa shape index (κ1) is 25.0. The van der Waals surface area contributed by atoms with E-state index in [4.69, 9.17) is 16.3 Å². The van der Waals surface area contributed by atoms with Gasteiger partial charge >= 0.3 is 0 Å². The van der Waals surface area contributed by atoms with Crippen molar-refractivity contribution in [3.63, 3.8) is 0 Å². The van der Waals surface area contributed by atoms with Gasteiger partial charge in [-0.15, -0.1) is 0 Å². The van der Waals surface area contributed by atoms with Gasteiger partial charge in [0.15, 0.2) is 0 Å². The average molecular weight is 504 g/mol. The lowest BCUT2D eigenvalue weighted by Gasteiger charge is -2.26. The number of non-ortho nitro benzene ring substituents is 1. The van der Waals surface area contributed by atoms with E-state index in [-0.39, 0.29) is 34.3 Å². The van der Waals surface area contributed by atoms with Gasteiger partial charge in [-0.25, -0.2) is 8.42 Å². The molecule has 3 aromatic carbocycles. The average Bonchev–Trinajstić information content (AvgIpc) is 2.80. The number of aryl methyl sites for hydroxylation is 1. The first-order valence-corrected chi connectivity index (χ1v) is 12.0. The number of nitrogens with one attached hydrogen (secondary N) is 1. The zero-order valence-electron chi connectivity index (χ0n) is 18.4. The third kappa shape index (κ3) is 5.64. The summed E-state index contributed by atoms with van der Waals surface area (Å²) in [7, 11) is -4.21. The molecule has 0 atom stereocenters. The van der Waals surface area contributed by atoms with Gasteiger partial charge in [0, 0.05) is 17.2 Å². The van der Waals surface area contributed by atoms with Gasteiger partial charge in [0.2, 0.25) is 5.91 Å². The van der Waals surface area contributed by atoms with Crippen LogP contribution in [0.15, 0.2) is 71.6 Å². The minimum Gasteiger partial charge on any atom is -0.492 e. The summed E-state index contributed by atoms with van der Waals surface area (Å²) in [6.45, 7) is 3.11. The van der Waals surface area contributed by atoms with Crippen LogP contribution in [0, 0.1) is 17.0 Å². The molecular formula is C23H22ClN3O6S. The smallest absolute Gasteiger partial charge is 0.271 e. The number of hydrogen-bond acceptors (Lipinski definition) is 6. The first-order chi connectivity index (χ1) is 16.1. The van der Waals surface area contributed by atoms with Crippen molar-refractivity contribution in [2.24, 2.45) is 0 Å². The Morgan fingerprint density at radius 1 is 1.12 bits per heavy atom. The number of nitro benzene ring substituents is 1. The van der Waals surface area contributed by atoms with Gasteiger partial charge in [0.25, 0.3) is 15.7 Å². The lowest BCUT2D eigenvalue weighted by Crippen LogP contribution is -2.38. The molecule has 34 heavy (non-hydrogen) atoms. The molecule has 0 aliphatic heterocycles. The van der Waals surface area contributed by atoms with E-state index in [1.165, 1.54) is 48.5 Å². The molecular weight excluding hydrogens is 482 g/mol. The van der Waals surface area contributed by atoms with Crippen LogP contribution in [-0.2, 0) is 14.8 Å². The lowest BCUT2D eigenvalue weighted by molar-refractivity contribution is -0.384. The fourth-order valence-electron chi connectivity index (χ4n) is 3.15. The summed E-state index contributed by atoms with van der Waals surface area (Å²) in [5, 5.41) is 14.0. The number of anilines is 2. The van der Waals surface area contributed by atoms with E-state index in [0.717, 1.165) is 4.31 Å². The van der Waals surface area contributed by atoms with Crippen LogP contribution >= 0.6 is 11.6 Å². The summed E-state index contributed by atoms with van der Waals surface area (Å²) in [6.07, 6.45) is 0. The highest BCUT2D eigenvalue weighted by molar-refractivity contribution is 7.92. The number of amides is 1. The molecule has 0 bridgehead atoms. The molecule has 0 aliphatic rings. The largest absolute Gasteiger partial charge is 0.492 e. The molecule has 9 nitrogen and oxygen atoms in total. The van der Waals surface area contributed by atoms with Gasteiger partial charge in [0.1, 0.15) is 12.3 Å². The van der Waals surface area contributed by atoms with E-state index in [1.807, 2.05) is 0 Å². The second-order valence-corrected chi connectivity index (χ2v) is 9.47. The standard InChI is InChI=1S/C23H22ClN3O6S/c1-3-33-22-7-5-4-6-21(22)26(34(31,32)19-12-9-17(24)10-13-19)15-23(28)25-20-14-18(27(29)30)11-8-16(20)2/h4-14H,3,15H2,1-2H3,(H,25,28). The maximum atomic E-state index is 13.6. The van der Waals surface area contributed by atoms with E-state index in [0.29, 0.717) is 10.6 Å². The quantitative estimate of drug-likeness (QED) is 0.331. The van der Waals surface area contributed by atoms with E-state index in [9.17, 15) is 23.3 Å². The number of rotatable bonds is 9. The Morgan fingerprint density at radius 3 is 2.44 bits per heavy atom. The Labute approximate surface area is 202 Å². The van der Waals surface area contributed by atoms with Gasteiger partial charge in [-0.2, -0.15) is 0 Å². The van der Waals surface area contributed by atoms with Crippen LogP contribution < -0.4 is 14.4 Å². The Hall–Kier alpha value is -3.63. The third-order valence-corrected chi connectivity index (χ3v) is 6.85. The van der Waals surface area contributed by atoms with Crippen molar-refractivity contribution in [3.05, 3.63) is 87.4 Å². The molecule has 0 saturated heterocycles. The molecule has 0 saturated carbocycles. The van der Waals surface area contributed by atoms with Crippen molar-refractivity contribution in [1.29, 1.82) is 0 Å². The maximum absolute atomic E-state index is 13.6. The summed E-state index contributed by atoms with van der Waals surface area (Å²) in [5.41, 5.74) is 0.764. The molecule has 0 radical (unpaired) electrons. The van der Waals surface area contributed by atoms with Crippen LogP contribution in [0.5, 0.6) is 5.75 Å². The van der Waals surface area contributed by atoms with Crippen LogP contribution in [0.25, 0.3) is 0 Å². The number of halogens is 1. The monoisotopic (exact) mass is 503 g/mol. The van der Waals surface area contributed by atoms with Crippen LogP contribution in [-0.4, -0.2) is 32.4 Å². The normalized spacial score (nSPS) is 11.0. The predicted octanol–water partition coefficient (Wildman–Crippen LogP) is 4.79. The molecule has 0 spiro atoms. The highest BCUT2D eigenvalue weighted by atomic mass is 35.5. The Bertz CT molecular complexity index is 1310. The van der Waals surface area contributed by atoms with Gasteiger partial charge in [-0.05, 0) is 55.8 Å². The molecule has 0 heterocycles. The van der Waals surface area contributed by atoms with Gasteiger partial charge in [-0.3, -0.25) is 19.2 Å². The number of carbonyl (C=O) groups is 1. The molecule has 1 amide bonds. The van der Waals surface area contributed by atoms with Gasteiger partial charge < -0.3 is 10.1 Å². The van der Waals surface area contributed by atoms with Crippen LogP contribution in [0.2, 0.25) is 5.02 Å². The maximum Gasteiger partial charge on any atom is 0.271 e. The number of nitro groups is 1. The second-order valence-electron chi connectivity index (χ2n) is 7.17. The van der Waals surface area contributed by atoms with E-state index in [1.54, 1.807) is 32.0 Å². The summed E-state index contributed by atoms with van der Waals surface area (Å²) >= 11 is 5.91. The summed E-state index contributed by atoms with van der Waals surface area (Å²) in [4.78, 5) is 23.4. The molecule has 11 heteroatoms. The highest BCUT2D eigenvalue weighted by Crippen LogP contribution is 2.33. The molecule has 178 valence electrons. The zero-order chi connectivity index (χ0) is 24.9. The Balaban J connectivity index is 2.01. The molecule has 3 aromatic rings. The number of ether oxygens (including phenoxy) is 1.